The Morgan fingerprint density at radius 3 is 2.48 bits per heavy atom. The highest BCUT2D eigenvalue weighted by Crippen LogP contribution is 2.32. The van der Waals surface area contributed by atoms with Gasteiger partial charge in [-0.1, -0.05) is 0 Å². The number of benzene rings is 1. The lowest BCUT2D eigenvalue weighted by Gasteiger charge is -2.13. The zero-order chi connectivity index (χ0) is 19.6. The molecule has 0 bridgehead atoms. The first-order chi connectivity index (χ1) is 12.9. The third kappa shape index (κ3) is 4.32. The number of hydrogen-bond donors (Lipinski definition) is 1. The summed E-state index contributed by atoms with van der Waals surface area (Å²) in [6.45, 7) is 5.52. The van der Waals surface area contributed by atoms with Crippen molar-refractivity contribution in [1.82, 2.24) is 9.88 Å². The van der Waals surface area contributed by atoms with Crippen molar-refractivity contribution in [3.8, 4) is 11.4 Å². The Morgan fingerprint density at radius 1 is 1.22 bits per heavy atom. The highest BCUT2D eigenvalue weighted by Gasteiger charge is 2.29. The highest BCUT2D eigenvalue weighted by molar-refractivity contribution is 5.93. The van der Waals surface area contributed by atoms with E-state index in [-0.39, 0.29) is 18.6 Å². The SMILES string of the molecule is COc1ccc(-n2c(C)cc(C(=O)OCC(=O)N[C@@H](C)C3CC3)c2C)cc1. The monoisotopic (exact) mass is 370 g/mol. The Bertz CT molecular complexity index is 835. The number of ether oxygens (including phenoxy) is 2. The quantitative estimate of drug-likeness (QED) is 0.760. The van der Waals surface area contributed by atoms with Crippen LogP contribution in [0.2, 0.25) is 0 Å². The minimum absolute atomic E-state index is 0.135. The molecule has 2 aromatic rings. The first kappa shape index (κ1) is 19.0. The van der Waals surface area contributed by atoms with Crippen LogP contribution in [0.4, 0.5) is 0 Å². The molecule has 0 spiro atoms. The topological polar surface area (TPSA) is 69.6 Å². The van der Waals surface area contributed by atoms with Gasteiger partial charge in [-0.15, -0.1) is 0 Å². The third-order valence-electron chi connectivity index (χ3n) is 5.03. The van der Waals surface area contributed by atoms with Gasteiger partial charge in [-0.3, -0.25) is 4.79 Å². The number of nitrogens with zero attached hydrogens (tertiary/aromatic N) is 1. The molecule has 0 saturated heterocycles. The van der Waals surface area contributed by atoms with Crippen molar-refractivity contribution < 1.29 is 19.1 Å². The zero-order valence-corrected chi connectivity index (χ0v) is 16.2. The summed E-state index contributed by atoms with van der Waals surface area (Å²) in [7, 11) is 1.62. The lowest BCUT2D eigenvalue weighted by Crippen LogP contribution is -2.37. The summed E-state index contributed by atoms with van der Waals surface area (Å²) in [5.41, 5.74) is 3.08. The van der Waals surface area contributed by atoms with Crippen molar-refractivity contribution >= 4 is 11.9 Å². The van der Waals surface area contributed by atoms with Gasteiger partial charge >= 0.3 is 5.97 Å². The lowest BCUT2D eigenvalue weighted by molar-refractivity contribution is -0.124. The first-order valence-corrected chi connectivity index (χ1v) is 9.20. The maximum Gasteiger partial charge on any atom is 0.340 e. The van der Waals surface area contributed by atoms with E-state index < -0.39 is 5.97 Å². The molecule has 0 radical (unpaired) electrons. The lowest BCUT2D eigenvalue weighted by atomic mass is 10.2. The molecular weight excluding hydrogens is 344 g/mol. The van der Waals surface area contributed by atoms with E-state index in [0.29, 0.717) is 11.5 Å². The summed E-state index contributed by atoms with van der Waals surface area (Å²) < 4.78 is 12.4. The number of aromatic nitrogens is 1. The third-order valence-corrected chi connectivity index (χ3v) is 5.03. The van der Waals surface area contributed by atoms with E-state index in [1.165, 1.54) is 0 Å². The Hall–Kier alpha value is -2.76. The Kier molecular flexibility index (Phi) is 5.54. The fourth-order valence-corrected chi connectivity index (χ4v) is 3.32. The number of aryl methyl sites for hydroxylation is 1. The zero-order valence-electron chi connectivity index (χ0n) is 16.2. The smallest absolute Gasteiger partial charge is 0.340 e. The minimum Gasteiger partial charge on any atom is -0.497 e. The van der Waals surface area contributed by atoms with Crippen LogP contribution in [0.25, 0.3) is 5.69 Å². The number of amides is 1. The van der Waals surface area contributed by atoms with Gasteiger partial charge in [0.2, 0.25) is 0 Å². The van der Waals surface area contributed by atoms with Crippen LogP contribution in [0.5, 0.6) is 5.75 Å². The van der Waals surface area contributed by atoms with E-state index >= 15 is 0 Å². The number of carbonyl (C=O) groups excluding carboxylic acids is 2. The van der Waals surface area contributed by atoms with Gasteiger partial charge in [0.05, 0.1) is 12.7 Å². The van der Waals surface area contributed by atoms with Crippen LogP contribution < -0.4 is 10.1 Å². The average Bonchev–Trinajstić information content (AvgIpc) is 3.46. The predicted molar refractivity (Wildman–Crippen MR) is 102 cm³/mol. The summed E-state index contributed by atoms with van der Waals surface area (Å²) in [5.74, 6) is 0.587. The van der Waals surface area contributed by atoms with Crippen molar-refractivity contribution in [3.63, 3.8) is 0 Å². The number of nitrogens with one attached hydrogen (secondary N) is 1. The van der Waals surface area contributed by atoms with E-state index in [1.807, 2.05) is 49.6 Å². The maximum absolute atomic E-state index is 12.5. The van der Waals surface area contributed by atoms with Crippen molar-refractivity contribution in [2.24, 2.45) is 5.92 Å². The fourth-order valence-electron chi connectivity index (χ4n) is 3.32. The van der Waals surface area contributed by atoms with Crippen LogP contribution in [-0.4, -0.2) is 36.2 Å². The Balaban J connectivity index is 1.67. The van der Waals surface area contributed by atoms with E-state index in [4.69, 9.17) is 9.47 Å². The van der Waals surface area contributed by atoms with E-state index in [1.54, 1.807) is 13.2 Å². The first-order valence-electron chi connectivity index (χ1n) is 9.20. The van der Waals surface area contributed by atoms with Crippen molar-refractivity contribution in [2.45, 2.75) is 39.7 Å². The fraction of sp³-hybridized carbons (Fsp3) is 0.429. The van der Waals surface area contributed by atoms with Crippen LogP contribution in [-0.2, 0) is 9.53 Å². The largest absolute Gasteiger partial charge is 0.497 e. The molecule has 1 saturated carbocycles. The summed E-state index contributed by atoms with van der Waals surface area (Å²) in [5, 5.41) is 2.88. The van der Waals surface area contributed by atoms with Gasteiger partial charge in [0, 0.05) is 23.1 Å². The van der Waals surface area contributed by atoms with Crippen LogP contribution in [0.15, 0.2) is 30.3 Å². The molecule has 0 aliphatic heterocycles. The second-order valence-corrected chi connectivity index (χ2v) is 7.09. The maximum atomic E-state index is 12.5. The van der Waals surface area contributed by atoms with Gasteiger partial charge < -0.3 is 19.4 Å². The highest BCUT2D eigenvalue weighted by atomic mass is 16.5. The molecule has 0 unspecified atom stereocenters. The molecule has 1 aromatic carbocycles. The summed E-state index contributed by atoms with van der Waals surface area (Å²) in [6, 6.07) is 9.53. The second-order valence-electron chi connectivity index (χ2n) is 7.09. The van der Waals surface area contributed by atoms with Gasteiger partial charge in [-0.2, -0.15) is 0 Å². The number of esters is 1. The molecule has 27 heavy (non-hydrogen) atoms. The summed E-state index contributed by atoms with van der Waals surface area (Å²) >= 11 is 0. The average molecular weight is 370 g/mol. The molecule has 1 aliphatic carbocycles. The van der Waals surface area contributed by atoms with Gasteiger partial charge in [0.25, 0.3) is 5.91 Å². The summed E-state index contributed by atoms with van der Waals surface area (Å²) in [6.07, 6.45) is 2.30. The van der Waals surface area contributed by atoms with E-state index in [9.17, 15) is 9.59 Å². The molecule has 1 atom stereocenters. The predicted octanol–water partition coefficient (Wildman–Crippen LogP) is 3.17. The van der Waals surface area contributed by atoms with Gasteiger partial charge in [-0.05, 0) is 69.9 Å². The van der Waals surface area contributed by atoms with Crippen LogP contribution in [0.3, 0.4) is 0 Å². The molecule has 1 amide bonds. The molecule has 1 aromatic heterocycles. The molecule has 6 nitrogen and oxygen atoms in total. The van der Waals surface area contributed by atoms with Crippen molar-refractivity contribution in [3.05, 3.63) is 47.3 Å². The Labute approximate surface area is 159 Å². The van der Waals surface area contributed by atoms with E-state index in [2.05, 4.69) is 5.32 Å². The van der Waals surface area contributed by atoms with Crippen LogP contribution >= 0.6 is 0 Å². The molecule has 1 N–H and O–H groups in total. The molecular formula is C21H26N2O4. The van der Waals surface area contributed by atoms with E-state index in [0.717, 1.165) is 35.7 Å². The Morgan fingerprint density at radius 2 is 1.89 bits per heavy atom. The normalized spacial score (nSPS) is 14.5. The molecule has 1 fully saturated rings. The van der Waals surface area contributed by atoms with Gasteiger partial charge in [0.15, 0.2) is 6.61 Å². The minimum atomic E-state index is -0.489. The molecule has 6 heteroatoms. The number of rotatable bonds is 7. The molecule has 144 valence electrons. The summed E-state index contributed by atoms with van der Waals surface area (Å²) in [4.78, 5) is 24.4. The van der Waals surface area contributed by atoms with Gasteiger partial charge in [0.1, 0.15) is 5.75 Å². The molecule has 1 heterocycles. The molecule has 1 aliphatic rings. The standard InChI is InChI=1S/C21H26N2O4/c1-13-11-19(15(3)23(13)17-7-9-18(26-4)10-8-17)21(25)27-12-20(24)22-14(2)16-5-6-16/h7-11,14,16H,5-6,12H2,1-4H3,(H,22,24)/t14-/m0/s1. The van der Waals surface area contributed by atoms with Crippen molar-refractivity contribution in [2.75, 3.05) is 13.7 Å². The van der Waals surface area contributed by atoms with Crippen molar-refractivity contribution in [1.29, 1.82) is 0 Å². The number of carbonyl (C=O) groups is 2. The second kappa shape index (κ2) is 7.86. The van der Waals surface area contributed by atoms with Gasteiger partial charge in [-0.25, -0.2) is 4.79 Å². The van der Waals surface area contributed by atoms with Crippen LogP contribution in [0, 0.1) is 19.8 Å². The number of methoxy groups -OCH3 is 1. The van der Waals surface area contributed by atoms with Crippen LogP contribution in [0.1, 0.15) is 41.5 Å². The molecule has 3 rings (SSSR count). The number of hydrogen-bond acceptors (Lipinski definition) is 4.